The molecule has 3 heteroatoms. The Bertz CT molecular complexity index is 414. The maximum absolute atomic E-state index is 10.6. The minimum atomic E-state index is -0.910. The molecule has 0 spiro atoms. The Morgan fingerprint density at radius 3 is 2.80 bits per heavy atom. The van der Waals surface area contributed by atoms with Gasteiger partial charge in [0.15, 0.2) is 0 Å². The number of carboxylic acid groups (broad SMARTS) is 1. The molecule has 0 bridgehead atoms. The summed E-state index contributed by atoms with van der Waals surface area (Å²) in [6.45, 7) is 3.75. The van der Waals surface area contributed by atoms with Crippen LogP contribution < -0.4 is 0 Å². The van der Waals surface area contributed by atoms with E-state index in [4.69, 9.17) is 9.52 Å². The van der Waals surface area contributed by atoms with Gasteiger partial charge in [0.25, 0.3) is 0 Å². The summed E-state index contributed by atoms with van der Waals surface area (Å²) < 4.78 is 5.56. The summed E-state index contributed by atoms with van der Waals surface area (Å²) in [5, 5.41) is 8.70. The van der Waals surface area contributed by atoms with Crippen LogP contribution in [0.4, 0.5) is 0 Å². The average Bonchev–Trinajstić information content (AvgIpc) is 2.73. The van der Waals surface area contributed by atoms with Gasteiger partial charge in [-0.2, -0.15) is 0 Å². The van der Waals surface area contributed by atoms with Gasteiger partial charge in [-0.05, 0) is 37.5 Å². The van der Waals surface area contributed by atoms with Crippen molar-refractivity contribution in [3.05, 3.63) is 29.2 Å². The molecular weight excluding hydrogens is 192 g/mol. The van der Waals surface area contributed by atoms with Crippen molar-refractivity contribution in [3.63, 3.8) is 0 Å². The molecular formula is C12H14O3. The van der Waals surface area contributed by atoms with Crippen LogP contribution in [0.15, 0.2) is 22.1 Å². The van der Waals surface area contributed by atoms with E-state index >= 15 is 0 Å². The van der Waals surface area contributed by atoms with Crippen molar-refractivity contribution in [3.8, 4) is 0 Å². The van der Waals surface area contributed by atoms with E-state index in [0.29, 0.717) is 23.2 Å². The Morgan fingerprint density at radius 1 is 1.60 bits per heavy atom. The quantitative estimate of drug-likeness (QED) is 0.773. The first kappa shape index (κ1) is 10.0. The molecule has 3 nitrogen and oxygen atoms in total. The number of aliphatic carboxylic acids is 1. The fourth-order valence-corrected chi connectivity index (χ4v) is 1.64. The lowest BCUT2D eigenvalue weighted by Gasteiger charge is -1.92. The molecule has 1 aliphatic carbocycles. The molecule has 2 rings (SSSR count). The lowest BCUT2D eigenvalue weighted by molar-refractivity contribution is -0.132. The van der Waals surface area contributed by atoms with E-state index < -0.39 is 5.97 Å². The molecule has 1 aromatic rings. The van der Waals surface area contributed by atoms with E-state index in [9.17, 15) is 4.79 Å². The maximum atomic E-state index is 10.6. The third kappa shape index (κ3) is 2.12. The zero-order valence-corrected chi connectivity index (χ0v) is 8.86. The number of carbonyl (C=O) groups is 1. The second kappa shape index (κ2) is 3.57. The van der Waals surface area contributed by atoms with Gasteiger partial charge >= 0.3 is 5.97 Å². The van der Waals surface area contributed by atoms with Crippen LogP contribution in [0.2, 0.25) is 0 Å². The lowest BCUT2D eigenvalue weighted by atomic mass is 10.2. The Balaban J connectivity index is 2.14. The molecule has 0 radical (unpaired) electrons. The summed E-state index contributed by atoms with van der Waals surface area (Å²) in [6, 6.07) is 3.77. The molecule has 2 atom stereocenters. The molecule has 1 aliphatic rings. The molecule has 0 amide bonds. The topological polar surface area (TPSA) is 50.4 Å². The second-order valence-corrected chi connectivity index (χ2v) is 4.19. The van der Waals surface area contributed by atoms with E-state index in [0.717, 1.165) is 5.76 Å². The van der Waals surface area contributed by atoms with Crippen molar-refractivity contribution in [2.45, 2.75) is 26.2 Å². The zero-order chi connectivity index (χ0) is 11.0. The minimum absolute atomic E-state index is 0.291. The van der Waals surface area contributed by atoms with Crippen molar-refractivity contribution in [2.75, 3.05) is 0 Å². The number of rotatable bonds is 3. The SMILES string of the molecule is CC(=Cc1ccc(C2CC2C)o1)C(=O)O. The van der Waals surface area contributed by atoms with Crippen molar-refractivity contribution in [2.24, 2.45) is 5.92 Å². The molecule has 0 saturated heterocycles. The van der Waals surface area contributed by atoms with E-state index in [-0.39, 0.29) is 0 Å². The molecule has 1 saturated carbocycles. The zero-order valence-electron chi connectivity index (χ0n) is 8.86. The summed E-state index contributed by atoms with van der Waals surface area (Å²) >= 11 is 0. The van der Waals surface area contributed by atoms with Crippen LogP contribution in [-0.4, -0.2) is 11.1 Å². The van der Waals surface area contributed by atoms with Gasteiger partial charge < -0.3 is 9.52 Å². The smallest absolute Gasteiger partial charge is 0.331 e. The molecule has 1 fully saturated rings. The van der Waals surface area contributed by atoms with Gasteiger partial charge in [0, 0.05) is 11.5 Å². The Kier molecular flexibility index (Phi) is 2.39. The van der Waals surface area contributed by atoms with Crippen LogP contribution in [0.3, 0.4) is 0 Å². The van der Waals surface area contributed by atoms with E-state index in [1.54, 1.807) is 13.0 Å². The highest BCUT2D eigenvalue weighted by molar-refractivity contribution is 5.90. The number of hydrogen-bond donors (Lipinski definition) is 1. The first-order chi connectivity index (χ1) is 7.08. The lowest BCUT2D eigenvalue weighted by Crippen LogP contribution is -1.94. The average molecular weight is 206 g/mol. The molecule has 1 N–H and O–H groups in total. The standard InChI is InChI=1S/C12H14O3/c1-7-6-10(7)11-4-3-9(15-11)5-8(2)12(13)14/h3-5,7,10H,6H2,1-2H3,(H,13,14). The highest BCUT2D eigenvalue weighted by Crippen LogP contribution is 2.47. The van der Waals surface area contributed by atoms with Crippen molar-refractivity contribution >= 4 is 12.0 Å². The van der Waals surface area contributed by atoms with Crippen molar-refractivity contribution < 1.29 is 14.3 Å². The first-order valence-corrected chi connectivity index (χ1v) is 5.09. The summed E-state index contributed by atoms with van der Waals surface area (Å²) in [6.07, 6.45) is 2.73. The van der Waals surface area contributed by atoms with Gasteiger partial charge in [-0.25, -0.2) is 4.79 Å². The van der Waals surface area contributed by atoms with Crippen LogP contribution in [0.1, 0.15) is 37.7 Å². The van der Waals surface area contributed by atoms with Crippen molar-refractivity contribution in [1.82, 2.24) is 0 Å². The Morgan fingerprint density at radius 2 is 2.27 bits per heavy atom. The summed E-state index contributed by atoms with van der Waals surface area (Å²) in [7, 11) is 0. The van der Waals surface area contributed by atoms with Crippen LogP contribution >= 0.6 is 0 Å². The third-order valence-corrected chi connectivity index (χ3v) is 2.82. The molecule has 15 heavy (non-hydrogen) atoms. The predicted molar refractivity (Wildman–Crippen MR) is 56.5 cm³/mol. The van der Waals surface area contributed by atoms with E-state index in [1.807, 2.05) is 12.1 Å². The number of hydrogen-bond acceptors (Lipinski definition) is 2. The normalized spacial score (nSPS) is 25.3. The van der Waals surface area contributed by atoms with Gasteiger partial charge in [-0.15, -0.1) is 0 Å². The fourth-order valence-electron chi connectivity index (χ4n) is 1.64. The van der Waals surface area contributed by atoms with Crippen LogP contribution in [-0.2, 0) is 4.79 Å². The second-order valence-electron chi connectivity index (χ2n) is 4.19. The van der Waals surface area contributed by atoms with Crippen molar-refractivity contribution in [1.29, 1.82) is 0 Å². The van der Waals surface area contributed by atoms with Gasteiger partial charge in [0.1, 0.15) is 11.5 Å². The number of furan rings is 1. The van der Waals surface area contributed by atoms with Gasteiger partial charge in [0.2, 0.25) is 0 Å². The molecule has 1 heterocycles. The minimum Gasteiger partial charge on any atom is -0.478 e. The molecule has 80 valence electrons. The molecule has 1 aromatic heterocycles. The predicted octanol–water partition coefficient (Wildman–Crippen LogP) is 2.89. The van der Waals surface area contributed by atoms with Crippen LogP contribution in [0.5, 0.6) is 0 Å². The largest absolute Gasteiger partial charge is 0.478 e. The van der Waals surface area contributed by atoms with Gasteiger partial charge in [-0.3, -0.25) is 0 Å². The Hall–Kier alpha value is -1.51. The number of carboxylic acids is 1. The van der Waals surface area contributed by atoms with Gasteiger partial charge in [0.05, 0.1) is 0 Å². The molecule has 2 unspecified atom stereocenters. The van der Waals surface area contributed by atoms with Gasteiger partial charge in [-0.1, -0.05) is 6.92 Å². The van der Waals surface area contributed by atoms with E-state index in [1.165, 1.54) is 6.42 Å². The third-order valence-electron chi connectivity index (χ3n) is 2.82. The maximum Gasteiger partial charge on any atom is 0.331 e. The highest BCUT2D eigenvalue weighted by atomic mass is 16.4. The highest BCUT2D eigenvalue weighted by Gasteiger charge is 2.36. The summed E-state index contributed by atoms with van der Waals surface area (Å²) in [5.74, 6) is 1.94. The summed E-state index contributed by atoms with van der Waals surface area (Å²) in [4.78, 5) is 10.6. The molecule has 0 aromatic carbocycles. The fraction of sp³-hybridized carbons (Fsp3) is 0.417. The monoisotopic (exact) mass is 206 g/mol. The Labute approximate surface area is 88.4 Å². The van der Waals surface area contributed by atoms with Crippen LogP contribution in [0.25, 0.3) is 6.08 Å². The molecule has 0 aliphatic heterocycles. The van der Waals surface area contributed by atoms with E-state index in [2.05, 4.69) is 6.92 Å². The van der Waals surface area contributed by atoms with Crippen LogP contribution in [0, 0.1) is 5.92 Å². The first-order valence-electron chi connectivity index (χ1n) is 5.09. The summed E-state index contributed by atoms with van der Waals surface area (Å²) in [5.41, 5.74) is 0.291.